The summed E-state index contributed by atoms with van der Waals surface area (Å²) in [4.78, 5) is 0. The summed E-state index contributed by atoms with van der Waals surface area (Å²) in [7, 11) is -4.94. The van der Waals surface area contributed by atoms with Gasteiger partial charge in [-0.15, -0.1) is 10.2 Å². The van der Waals surface area contributed by atoms with Gasteiger partial charge in [0.2, 0.25) is 0 Å². The van der Waals surface area contributed by atoms with E-state index >= 15 is 0 Å². The summed E-state index contributed by atoms with van der Waals surface area (Å²) in [5, 5.41) is 1.16. The molecular weight excluding hydrogens is 480 g/mol. The zero-order chi connectivity index (χ0) is 26.7. The van der Waals surface area contributed by atoms with Crippen molar-refractivity contribution in [2.75, 3.05) is 0 Å². The van der Waals surface area contributed by atoms with Crippen molar-refractivity contribution in [2.24, 2.45) is 5.41 Å². The van der Waals surface area contributed by atoms with Crippen LogP contribution in [0.4, 0.5) is 0 Å². The highest BCUT2D eigenvalue weighted by atomic mass is 35.7. The Balaban J connectivity index is 0.000000658. The predicted octanol–water partition coefficient (Wildman–Crippen LogP) is 3.67. The second kappa shape index (κ2) is 10.5. The molecule has 2 heterocycles. The number of hydrogen-bond acceptors (Lipinski definition) is 5. The van der Waals surface area contributed by atoms with E-state index in [4.69, 9.17) is 27.8 Å². The smallest absolute Gasteiger partial charge is 0.361 e. The van der Waals surface area contributed by atoms with Gasteiger partial charge in [-0.3, -0.25) is 0 Å². The molecule has 0 atom stereocenters. The highest BCUT2D eigenvalue weighted by Gasteiger charge is 2.26. The topological polar surface area (TPSA) is 113 Å². The first kappa shape index (κ1) is 27.6. The van der Waals surface area contributed by atoms with Crippen LogP contribution in [0.15, 0.2) is 83.0 Å². The summed E-state index contributed by atoms with van der Waals surface area (Å²) >= 11 is 0. The Labute approximate surface area is 214 Å². The number of rotatable bonds is 2. The van der Waals surface area contributed by atoms with Gasteiger partial charge >= 0.3 is 11.3 Å². The van der Waals surface area contributed by atoms with E-state index in [0.717, 1.165) is 33.8 Å². The van der Waals surface area contributed by atoms with Crippen LogP contribution in [-0.4, -0.2) is 0 Å². The molecule has 2 aromatic carbocycles. The Morgan fingerprint density at radius 2 is 1.44 bits per heavy atom. The molecule has 1 aromatic heterocycles. The lowest BCUT2D eigenvalue weighted by atomic mass is 9.80. The number of hydrogen-bond donors (Lipinski definition) is 0. The van der Waals surface area contributed by atoms with Gasteiger partial charge in [-0.1, -0.05) is 71.9 Å². The lowest BCUT2D eigenvalue weighted by Crippen LogP contribution is -2.68. The third kappa shape index (κ3) is 7.50. The summed E-state index contributed by atoms with van der Waals surface area (Å²) < 4.78 is 46.3. The van der Waals surface area contributed by atoms with Crippen LogP contribution in [0.5, 0.6) is 5.75 Å². The Hall–Kier alpha value is -3.00. The van der Waals surface area contributed by atoms with E-state index in [2.05, 4.69) is 78.0 Å². The van der Waals surface area contributed by atoms with E-state index < -0.39 is 10.2 Å². The van der Waals surface area contributed by atoms with Gasteiger partial charge in [0.25, 0.3) is 0 Å². The van der Waals surface area contributed by atoms with Crippen LogP contribution in [0.3, 0.4) is 0 Å². The molecule has 0 amide bonds. The Bertz CT molecular complexity index is 1310. The zero-order valence-electron chi connectivity index (χ0n) is 21.3. The Morgan fingerprint density at radius 3 is 2.08 bits per heavy atom. The molecule has 0 unspecified atom stereocenters. The van der Waals surface area contributed by atoms with E-state index in [0.29, 0.717) is 0 Å². The van der Waals surface area contributed by atoms with E-state index in [-0.39, 0.29) is 10.8 Å². The van der Waals surface area contributed by atoms with Crippen LogP contribution >= 0.6 is 0 Å². The second-order valence-corrected chi connectivity index (χ2v) is 11.3. The maximum atomic E-state index is 8.49. The quantitative estimate of drug-likeness (QED) is 0.486. The van der Waals surface area contributed by atoms with Crippen LogP contribution in [0.2, 0.25) is 0 Å². The first-order valence-electron chi connectivity index (χ1n) is 11.5. The van der Waals surface area contributed by atoms with E-state index in [9.17, 15) is 0 Å². The molecule has 0 saturated heterocycles. The molecule has 7 heteroatoms. The predicted molar refractivity (Wildman–Crippen MR) is 131 cm³/mol. The fourth-order valence-corrected chi connectivity index (χ4v) is 3.95. The first-order chi connectivity index (χ1) is 16.6. The minimum absolute atomic E-state index is 0.0258. The largest absolute Gasteiger partial charge is 0.457 e. The molecule has 0 radical (unpaired) electrons. The van der Waals surface area contributed by atoms with Gasteiger partial charge in [-0.25, -0.2) is 23.1 Å². The van der Waals surface area contributed by atoms with Gasteiger partial charge in [0.05, 0.1) is 5.39 Å². The van der Waals surface area contributed by atoms with Gasteiger partial charge in [0.15, 0.2) is 0 Å². The number of fused-ring (bicyclic) bond motifs is 2. The average Bonchev–Trinajstić information content (AvgIpc) is 2.75. The second-order valence-electron chi connectivity index (χ2n) is 10.5. The molecule has 0 saturated carbocycles. The van der Waals surface area contributed by atoms with Gasteiger partial charge in [0.1, 0.15) is 11.5 Å². The summed E-state index contributed by atoms with van der Waals surface area (Å²) in [6.45, 7) is 13.4. The molecule has 6 nitrogen and oxygen atoms in total. The van der Waals surface area contributed by atoms with Crippen molar-refractivity contribution in [3.05, 3.63) is 95.5 Å². The molecule has 0 bridgehead atoms. The minimum atomic E-state index is -4.94. The number of benzene rings is 2. The number of allylic oxidation sites excluding steroid dienone is 4. The summed E-state index contributed by atoms with van der Waals surface area (Å²) in [6.07, 6.45) is 8.15. The van der Waals surface area contributed by atoms with Crippen molar-refractivity contribution < 1.29 is 38.0 Å². The standard InChI is InChI=1S/C29H31O2.ClHO4/c1-28(2,3)24-18-20(30-26-16-9-7-14-22(24)26)12-11-13-21-19-25(29(4,5)6)23-15-8-10-17-27(23)31-21;2-1(3,4)5/h7-19H,1-6H3;(H,2,3,4,5)/q+1;/p-1. The minimum Gasteiger partial charge on any atom is -0.457 e. The van der Waals surface area contributed by atoms with Crippen LogP contribution in [-0.2, 0) is 5.41 Å². The molecule has 36 heavy (non-hydrogen) atoms. The van der Waals surface area contributed by atoms with Gasteiger partial charge in [-0.2, -0.15) is 0 Å². The van der Waals surface area contributed by atoms with Crippen LogP contribution in [0, 0.1) is 15.7 Å². The van der Waals surface area contributed by atoms with Crippen LogP contribution in [0.1, 0.15) is 58.4 Å². The molecule has 190 valence electrons. The van der Waals surface area contributed by atoms with Crippen molar-refractivity contribution >= 4 is 22.6 Å². The third-order valence-electron chi connectivity index (χ3n) is 5.52. The zero-order valence-corrected chi connectivity index (χ0v) is 22.1. The number of halogens is 1. The molecule has 0 aliphatic carbocycles. The lowest BCUT2D eigenvalue weighted by Gasteiger charge is -2.29. The molecule has 0 N–H and O–H groups in total. The number of ether oxygens (including phenoxy) is 1. The fraction of sp³-hybridized carbons (Fsp3) is 0.276. The third-order valence-corrected chi connectivity index (χ3v) is 5.52. The molecule has 3 aromatic rings. The Kier molecular flexibility index (Phi) is 8.08. The van der Waals surface area contributed by atoms with Crippen LogP contribution < -0.4 is 23.4 Å². The first-order valence-corrected chi connectivity index (χ1v) is 12.7. The summed E-state index contributed by atoms with van der Waals surface area (Å²) in [6, 6.07) is 18.6. The van der Waals surface area contributed by atoms with E-state index in [1.54, 1.807) is 0 Å². The molecular formula is C29H31ClO6. The fourth-order valence-electron chi connectivity index (χ4n) is 3.95. The highest BCUT2D eigenvalue weighted by molar-refractivity contribution is 5.82. The monoisotopic (exact) mass is 510 g/mol. The maximum absolute atomic E-state index is 8.49. The molecule has 1 aliphatic heterocycles. The molecule has 1 aliphatic rings. The van der Waals surface area contributed by atoms with Gasteiger partial charge < -0.3 is 4.74 Å². The molecule has 0 fully saturated rings. The highest BCUT2D eigenvalue weighted by Crippen LogP contribution is 2.42. The average molecular weight is 511 g/mol. The molecule has 4 rings (SSSR count). The van der Waals surface area contributed by atoms with Crippen molar-refractivity contribution in [2.45, 2.75) is 47.0 Å². The van der Waals surface area contributed by atoms with Crippen molar-refractivity contribution in [3.63, 3.8) is 0 Å². The van der Waals surface area contributed by atoms with Crippen LogP contribution in [0.25, 0.3) is 22.6 Å². The number of para-hydroxylation sites is 2. The summed E-state index contributed by atoms with van der Waals surface area (Å²) in [5.41, 5.74) is 4.67. The maximum Gasteiger partial charge on any atom is 0.361 e. The SMILES string of the molecule is CC(C)(C)C1=C/C(=C/C=C\c2cc(C(C)(C)C)c3ccccc3[o+]2)Oc2ccccc21.[O-][Cl+3]([O-])([O-])[O-]. The normalized spacial score (nSPS) is 15.3. The lowest BCUT2D eigenvalue weighted by molar-refractivity contribution is -2.00. The van der Waals surface area contributed by atoms with Gasteiger partial charge in [-0.05, 0) is 52.3 Å². The Morgan fingerprint density at radius 1 is 0.833 bits per heavy atom. The van der Waals surface area contributed by atoms with E-state index in [1.165, 1.54) is 11.1 Å². The summed E-state index contributed by atoms with van der Waals surface area (Å²) in [5.74, 6) is 2.56. The van der Waals surface area contributed by atoms with Crippen molar-refractivity contribution in [1.29, 1.82) is 0 Å². The van der Waals surface area contributed by atoms with Gasteiger partial charge in [0, 0.05) is 23.8 Å². The van der Waals surface area contributed by atoms with E-state index in [1.807, 2.05) is 42.5 Å². The van der Waals surface area contributed by atoms with Crippen molar-refractivity contribution in [1.82, 2.24) is 0 Å². The molecule has 0 spiro atoms. The van der Waals surface area contributed by atoms with Crippen molar-refractivity contribution in [3.8, 4) is 5.75 Å².